The molecule has 1 aliphatic carbocycles. The zero-order valence-corrected chi connectivity index (χ0v) is 12.5. The smallest absolute Gasteiger partial charge is 0.220 e. The second-order valence-electron chi connectivity index (χ2n) is 6.30. The van der Waals surface area contributed by atoms with E-state index in [0.29, 0.717) is 12.3 Å². The van der Waals surface area contributed by atoms with E-state index in [2.05, 4.69) is 36.5 Å². The highest BCUT2D eigenvalue weighted by Gasteiger charge is 2.50. The van der Waals surface area contributed by atoms with Gasteiger partial charge in [-0.3, -0.25) is 4.79 Å². The lowest BCUT2D eigenvalue weighted by Gasteiger charge is -2.52. The van der Waals surface area contributed by atoms with Crippen LogP contribution in [0.2, 0.25) is 0 Å². The third-order valence-corrected chi connectivity index (χ3v) is 4.77. The molecule has 0 radical (unpaired) electrons. The molecule has 1 aromatic carbocycles. The lowest BCUT2D eigenvalue weighted by molar-refractivity contribution is -0.139. The molecule has 4 heteroatoms. The summed E-state index contributed by atoms with van der Waals surface area (Å²) >= 11 is 0. The minimum atomic E-state index is 0.000757. The Balaban J connectivity index is 1.47. The molecule has 21 heavy (non-hydrogen) atoms. The molecule has 3 rings (SSSR count). The molecule has 1 aromatic rings. The van der Waals surface area contributed by atoms with Crippen molar-refractivity contribution in [1.29, 1.82) is 0 Å². The Bertz CT molecular complexity index is 500. The van der Waals surface area contributed by atoms with Crippen LogP contribution in [0.5, 0.6) is 0 Å². The monoisotopic (exact) mass is 288 g/mol. The normalized spacial score (nSPS) is 31.1. The molecule has 3 N–H and O–H groups in total. The van der Waals surface area contributed by atoms with Crippen molar-refractivity contribution in [2.24, 2.45) is 11.7 Å². The first-order chi connectivity index (χ1) is 10.1. The summed E-state index contributed by atoms with van der Waals surface area (Å²) in [6.07, 6.45) is 3.62. The number of benzene rings is 1. The highest BCUT2D eigenvalue weighted by atomic mass is 16.5. The van der Waals surface area contributed by atoms with Gasteiger partial charge in [-0.1, -0.05) is 29.8 Å². The molecule has 1 aliphatic heterocycles. The number of rotatable bonds is 4. The molecule has 1 saturated heterocycles. The number of aryl methyl sites for hydroxylation is 2. The zero-order chi connectivity index (χ0) is 14.8. The van der Waals surface area contributed by atoms with Gasteiger partial charge in [0.25, 0.3) is 0 Å². The molecule has 0 aromatic heterocycles. The van der Waals surface area contributed by atoms with E-state index in [9.17, 15) is 4.79 Å². The van der Waals surface area contributed by atoms with E-state index in [1.807, 2.05) is 0 Å². The number of hydrogen-bond donors (Lipinski definition) is 2. The third-order valence-electron chi connectivity index (χ3n) is 4.77. The largest absolute Gasteiger partial charge is 0.376 e. The van der Waals surface area contributed by atoms with Gasteiger partial charge in [-0.2, -0.15) is 0 Å². The summed E-state index contributed by atoms with van der Waals surface area (Å²) < 4.78 is 5.74. The van der Waals surface area contributed by atoms with Gasteiger partial charge in [-0.05, 0) is 31.7 Å². The zero-order valence-electron chi connectivity index (χ0n) is 12.5. The van der Waals surface area contributed by atoms with Crippen molar-refractivity contribution in [2.75, 3.05) is 6.61 Å². The predicted octanol–water partition coefficient (Wildman–Crippen LogP) is 1.55. The fourth-order valence-electron chi connectivity index (χ4n) is 3.40. The standard InChI is InChI=1S/C17H24N2O2/c1-11-4-6-12(7-5-11)8-9-14(20)19-16-15(18)13-3-2-10-21-17(13)16/h4-7,13,15-17H,2-3,8-10,18H2,1H3,(H,19,20). The Morgan fingerprint density at radius 1 is 1.38 bits per heavy atom. The average Bonchev–Trinajstić information content (AvgIpc) is 2.51. The molecular formula is C17H24N2O2. The topological polar surface area (TPSA) is 64.4 Å². The molecule has 1 amide bonds. The van der Waals surface area contributed by atoms with E-state index in [-0.39, 0.29) is 24.1 Å². The summed E-state index contributed by atoms with van der Waals surface area (Å²) in [5, 5.41) is 3.06. The van der Waals surface area contributed by atoms with Gasteiger partial charge in [0.05, 0.1) is 12.1 Å². The maximum atomic E-state index is 12.1. The molecule has 4 nitrogen and oxygen atoms in total. The van der Waals surface area contributed by atoms with Crippen molar-refractivity contribution >= 4 is 5.91 Å². The number of nitrogens with one attached hydrogen (secondary N) is 1. The van der Waals surface area contributed by atoms with E-state index in [0.717, 1.165) is 25.9 Å². The van der Waals surface area contributed by atoms with Crippen LogP contribution in [0.1, 0.15) is 30.4 Å². The van der Waals surface area contributed by atoms with Gasteiger partial charge in [0, 0.05) is 25.0 Å². The van der Waals surface area contributed by atoms with Crippen LogP contribution in [0.25, 0.3) is 0 Å². The quantitative estimate of drug-likeness (QED) is 0.883. The minimum Gasteiger partial charge on any atom is -0.376 e. The van der Waals surface area contributed by atoms with Crippen molar-refractivity contribution in [3.63, 3.8) is 0 Å². The summed E-state index contributed by atoms with van der Waals surface area (Å²) in [5.41, 5.74) is 8.59. The van der Waals surface area contributed by atoms with Crippen LogP contribution in [-0.4, -0.2) is 30.7 Å². The van der Waals surface area contributed by atoms with Gasteiger partial charge in [0.1, 0.15) is 0 Å². The Morgan fingerprint density at radius 2 is 2.14 bits per heavy atom. The molecule has 4 unspecified atom stereocenters. The number of nitrogens with two attached hydrogens (primary N) is 1. The summed E-state index contributed by atoms with van der Waals surface area (Å²) in [7, 11) is 0. The van der Waals surface area contributed by atoms with Gasteiger partial charge >= 0.3 is 0 Å². The van der Waals surface area contributed by atoms with Gasteiger partial charge in [0.15, 0.2) is 0 Å². The van der Waals surface area contributed by atoms with Crippen molar-refractivity contribution in [3.8, 4) is 0 Å². The first kappa shape index (κ1) is 14.5. The second-order valence-corrected chi connectivity index (χ2v) is 6.30. The maximum absolute atomic E-state index is 12.1. The number of carbonyl (C=O) groups is 1. The number of fused-ring (bicyclic) bond motifs is 1. The number of hydrogen-bond acceptors (Lipinski definition) is 3. The first-order valence-corrected chi connectivity index (χ1v) is 7.87. The Hall–Kier alpha value is -1.39. The molecule has 0 bridgehead atoms. The van der Waals surface area contributed by atoms with Gasteiger partial charge < -0.3 is 15.8 Å². The van der Waals surface area contributed by atoms with Crippen LogP contribution in [0.15, 0.2) is 24.3 Å². The van der Waals surface area contributed by atoms with Gasteiger partial charge in [-0.25, -0.2) is 0 Å². The van der Waals surface area contributed by atoms with E-state index < -0.39 is 0 Å². The van der Waals surface area contributed by atoms with E-state index in [1.54, 1.807) is 0 Å². The second kappa shape index (κ2) is 6.16. The molecule has 2 fully saturated rings. The van der Waals surface area contributed by atoms with Crippen molar-refractivity contribution in [2.45, 2.75) is 50.8 Å². The highest BCUT2D eigenvalue weighted by molar-refractivity contribution is 5.77. The van der Waals surface area contributed by atoms with E-state index in [1.165, 1.54) is 11.1 Å². The lowest BCUT2D eigenvalue weighted by Crippen LogP contribution is -2.72. The lowest BCUT2D eigenvalue weighted by atomic mass is 9.68. The Morgan fingerprint density at radius 3 is 2.90 bits per heavy atom. The fraction of sp³-hybridized carbons (Fsp3) is 0.588. The SMILES string of the molecule is Cc1ccc(CCC(=O)NC2C(N)C3CCCOC32)cc1. The minimum absolute atomic E-state index is 0.000757. The van der Waals surface area contributed by atoms with Gasteiger partial charge in [-0.15, -0.1) is 0 Å². The fourth-order valence-corrected chi connectivity index (χ4v) is 3.40. The summed E-state index contributed by atoms with van der Waals surface area (Å²) in [5.74, 6) is 0.504. The number of amides is 1. The van der Waals surface area contributed by atoms with Crippen molar-refractivity contribution in [1.82, 2.24) is 5.32 Å². The molecule has 4 atom stereocenters. The van der Waals surface area contributed by atoms with E-state index in [4.69, 9.17) is 10.5 Å². The number of carbonyl (C=O) groups excluding carboxylic acids is 1. The highest BCUT2D eigenvalue weighted by Crippen LogP contribution is 2.36. The molecule has 114 valence electrons. The maximum Gasteiger partial charge on any atom is 0.220 e. The van der Waals surface area contributed by atoms with Gasteiger partial charge in [0.2, 0.25) is 5.91 Å². The molecular weight excluding hydrogens is 264 g/mol. The van der Waals surface area contributed by atoms with Crippen LogP contribution in [0.3, 0.4) is 0 Å². The Kier molecular flexibility index (Phi) is 4.27. The van der Waals surface area contributed by atoms with E-state index >= 15 is 0 Å². The predicted molar refractivity (Wildman–Crippen MR) is 81.9 cm³/mol. The van der Waals surface area contributed by atoms with Crippen molar-refractivity contribution in [3.05, 3.63) is 35.4 Å². The molecule has 2 aliphatic rings. The third kappa shape index (κ3) is 3.11. The Labute approximate surface area is 126 Å². The van der Waals surface area contributed by atoms with Crippen LogP contribution in [0, 0.1) is 12.8 Å². The molecule has 1 saturated carbocycles. The first-order valence-electron chi connectivity index (χ1n) is 7.87. The van der Waals surface area contributed by atoms with Crippen molar-refractivity contribution < 1.29 is 9.53 Å². The van der Waals surface area contributed by atoms with Crippen LogP contribution >= 0.6 is 0 Å². The summed E-state index contributed by atoms with van der Waals surface area (Å²) in [6.45, 7) is 2.86. The molecule has 0 spiro atoms. The average molecular weight is 288 g/mol. The molecule has 1 heterocycles. The summed E-state index contributed by atoms with van der Waals surface area (Å²) in [6, 6.07) is 8.38. The van der Waals surface area contributed by atoms with Crippen LogP contribution in [0.4, 0.5) is 0 Å². The number of ether oxygens (including phenoxy) is 1. The van der Waals surface area contributed by atoms with Crippen LogP contribution in [-0.2, 0) is 16.0 Å². The van der Waals surface area contributed by atoms with Crippen LogP contribution < -0.4 is 11.1 Å². The summed E-state index contributed by atoms with van der Waals surface area (Å²) in [4.78, 5) is 12.1.